The minimum atomic E-state index is -0.712. The van der Waals surface area contributed by atoms with E-state index in [1.54, 1.807) is 108 Å². The van der Waals surface area contributed by atoms with E-state index in [9.17, 15) is 43.9 Å². The van der Waals surface area contributed by atoms with Crippen molar-refractivity contribution in [1.29, 1.82) is 0 Å². The van der Waals surface area contributed by atoms with Crippen molar-refractivity contribution in [2.75, 3.05) is 26.4 Å². The number of benzene rings is 7. The van der Waals surface area contributed by atoms with Crippen LogP contribution in [0.5, 0.6) is 0 Å². The molecule has 6 atom stereocenters. The maximum atomic E-state index is 13.4. The molecule has 746 valence electrons. The van der Waals surface area contributed by atoms with E-state index in [0.29, 0.717) is 84.9 Å². The molecule has 3 heterocycles. The van der Waals surface area contributed by atoms with Gasteiger partial charge in [-0.05, 0) is 523 Å². The van der Waals surface area contributed by atoms with Gasteiger partial charge in [0.15, 0.2) is 17.9 Å². The quantitative estimate of drug-likeness (QED) is 0.112. The second-order valence-electron chi connectivity index (χ2n) is 40.4. The summed E-state index contributed by atoms with van der Waals surface area (Å²) in [6.45, 7) is 89.2. The van der Waals surface area contributed by atoms with Gasteiger partial charge in [0.1, 0.15) is 46.5 Å². The molecule has 0 spiro atoms. The Labute approximate surface area is 798 Å². The van der Waals surface area contributed by atoms with E-state index in [0.717, 1.165) is 118 Å². The maximum absolute atomic E-state index is 13.4. The molecule has 6 aliphatic rings. The van der Waals surface area contributed by atoms with Crippen LogP contribution in [0.4, 0.5) is 43.9 Å². The molecule has 7 aromatic rings. The average Bonchev–Trinajstić information content (AvgIpc) is 0.841. The topological polar surface area (TPSA) is 36.9 Å². The summed E-state index contributed by atoms with van der Waals surface area (Å²) in [7, 11) is 0. The third kappa shape index (κ3) is 37.6. The molecule has 3 aliphatic carbocycles. The van der Waals surface area contributed by atoms with Crippen LogP contribution in [-0.2, 0) is 18.9 Å². The first kappa shape index (κ1) is 123. The van der Waals surface area contributed by atoms with Crippen LogP contribution >= 0.6 is 0 Å². The Morgan fingerprint density at radius 2 is 0.326 bits per heavy atom. The summed E-state index contributed by atoms with van der Waals surface area (Å²) < 4.78 is 153. The highest BCUT2D eigenvalue weighted by molar-refractivity contribution is 5.50. The molecular formula is C118H180F10O4. The van der Waals surface area contributed by atoms with Crippen molar-refractivity contribution in [2.24, 2.45) is 41.4 Å². The van der Waals surface area contributed by atoms with Crippen LogP contribution in [0.2, 0.25) is 0 Å². The summed E-state index contributed by atoms with van der Waals surface area (Å²) >= 11 is 0. The third-order valence-corrected chi connectivity index (χ3v) is 29.9. The highest BCUT2D eigenvalue weighted by Crippen LogP contribution is 2.33. The SMILES string of the molecule is CC1=CCC(C)CC1.CC1=CCC(C)CC1.CC1CCC(C)CC1.CC1CC[C@@H](C)CO1.CC1CC[C@@H](C)OC1.CC1COC(C)OC1.Cc1c(C)c(C)c(C)c(C)c1C.Cc1c(C)c(C)c(F)c(C)c1C.Cc1c(C)c(C)c(F)c(C)c1C.Cc1c(C)c(C)c(F)c(F)c1C.Cc1c(C)c(F)c(C)c(C)c1F.Cc1c(C)c(F)c(C)c(F)c1C.Cc1c(C)c(F)c(C)c(F)c1C. The standard InChI is InChI=1S/C12H18.2C11H15F.4C10H12F2.C8H16.2C8H14.2C7H14O.C6H12O2/c1-7-8(2)10(4)12(6)11(5)9(7)3;2*1-6-7(2)9(4)11(12)10(5)8(6)3;1-5-6(2)10(12)8(4)7(3)9(5)11;2*1-5-6(2)9(11)8(4)10(12)7(5)3;1-5-6(2)8(4)10(12)9(11)7(5)3;3*1-7-3-5-8(2)6-4-7;2*1-6-3-4-7(2)8-5-6;1-5-3-7-6(2)8-4-5/h1-6H3;2*1-5H3;4*1-4H3;7-8H,3-6H2,1-2H3;2*3,8H,4-6H2,1-2H3;2*6-7H,3-5H2,1-2H3;5-6H,3-4H2,1-2H3/t;;;;;;;;;;6?,7-;6-,7?;/m..........11./s1. The zero-order chi connectivity index (χ0) is 102. The Morgan fingerprint density at radius 3 is 0.485 bits per heavy atom. The summed E-state index contributed by atoms with van der Waals surface area (Å²) in [6, 6.07) is 0. The van der Waals surface area contributed by atoms with Gasteiger partial charge in [-0.3, -0.25) is 0 Å². The molecule has 1 saturated carbocycles. The zero-order valence-electron chi connectivity index (χ0n) is 91.1. The molecule has 4 fully saturated rings. The van der Waals surface area contributed by atoms with Crippen molar-refractivity contribution < 1.29 is 62.9 Å². The van der Waals surface area contributed by atoms with Gasteiger partial charge in [-0.2, -0.15) is 0 Å². The van der Waals surface area contributed by atoms with Crippen LogP contribution in [0.3, 0.4) is 0 Å². The maximum Gasteiger partial charge on any atom is 0.162 e. The molecule has 0 aromatic heterocycles. The fourth-order valence-corrected chi connectivity index (χ4v) is 15.9. The minimum absolute atomic E-state index is 0.0196. The largest absolute Gasteiger partial charge is 0.378 e. The molecule has 132 heavy (non-hydrogen) atoms. The van der Waals surface area contributed by atoms with Crippen LogP contribution in [0.15, 0.2) is 23.3 Å². The van der Waals surface area contributed by atoms with E-state index in [-0.39, 0.29) is 40.7 Å². The summed E-state index contributed by atoms with van der Waals surface area (Å²) in [4.78, 5) is 0. The van der Waals surface area contributed by atoms with Crippen LogP contribution in [0.25, 0.3) is 0 Å². The number of allylic oxidation sites excluding steroid dienone is 4. The third-order valence-electron chi connectivity index (χ3n) is 29.9. The van der Waals surface area contributed by atoms with E-state index in [2.05, 4.69) is 130 Å². The molecule has 0 amide bonds. The van der Waals surface area contributed by atoms with Crippen molar-refractivity contribution in [2.45, 2.75) is 413 Å². The lowest BCUT2D eigenvalue weighted by atomic mass is 9.84. The second kappa shape index (κ2) is 58.7. The molecule has 0 radical (unpaired) electrons. The van der Waals surface area contributed by atoms with Gasteiger partial charge < -0.3 is 18.9 Å². The van der Waals surface area contributed by atoms with Crippen LogP contribution in [-0.4, -0.2) is 44.9 Å². The molecule has 0 N–H and O–H groups in total. The van der Waals surface area contributed by atoms with Gasteiger partial charge in [0, 0.05) is 30.3 Å². The number of ether oxygens (including phenoxy) is 4. The van der Waals surface area contributed by atoms with Crippen LogP contribution < -0.4 is 0 Å². The molecule has 13 rings (SSSR count). The van der Waals surface area contributed by atoms with Crippen molar-refractivity contribution >= 4 is 0 Å². The lowest BCUT2D eigenvalue weighted by Crippen LogP contribution is -2.27. The van der Waals surface area contributed by atoms with Gasteiger partial charge in [0.05, 0.1) is 25.4 Å². The Kier molecular flexibility index (Phi) is 54.7. The van der Waals surface area contributed by atoms with Gasteiger partial charge in [-0.1, -0.05) is 97.4 Å². The van der Waals surface area contributed by atoms with E-state index in [1.165, 1.54) is 148 Å². The number of hydrogen-bond donors (Lipinski definition) is 0. The zero-order valence-corrected chi connectivity index (χ0v) is 91.1. The highest BCUT2D eigenvalue weighted by atomic mass is 19.2. The Morgan fingerprint density at radius 1 is 0.167 bits per heavy atom. The highest BCUT2D eigenvalue weighted by Gasteiger charge is 2.22. The molecule has 4 unspecified atom stereocenters. The van der Waals surface area contributed by atoms with Crippen molar-refractivity contribution in [3.05, 3.63) is 260 Å². The lowest BCUT2D eigenvalue weighted by molar-refractivity contribution is -0.187. The van der Waals surface area contributed by atoms with E-state index < -0.39 is 34.9 Å². The summed E-state index contributed by atoms with van der Waals surface area (Å²) in [5.74, 6) is 2.33. The second-order valence-corrected chi connectivity index (χ2v) is 40.4. The lowest BCUT2D eigenvalue weighted by Gasteiger charge is -2.24. The Hall–Kier alpha value is -6.84. The predicted octanol–water partition coefficient (Wildman–Crippen LogP) is 36.1. The monoisotopic (exact) mass is 1850 g/mol. The van der Waals surface area contributed by atoms with Gasteiger partial charge in [0.2, 0.25) is 0 Å². The average molecular weight is 1850 g/mol. The van der Waals surface area contributed by atoms with Crippen LogP contribution in [0.1, 0.15) is 351 Å². The van der Waals surface area contributed by atoms with Gasteiger partial charge >= 0.3 is 0 Å². The summed E-state index contributed by atoms with van der Waals surface area (Å²) in [6.07, 6.45) is 25.0. The first-order valence-corrected chi connectivity index (χ1v) is 48.9. The summed E-state index contributed by atoms with van der Waals surface area (Å²) in [5, 5.41) is 0. The number of rotatable bonds is 0. The van der Waals surface area contributed by atoms with Crippen molar-refractivity contribution in [3.63, 3.8) is 0 Å². The minimum Gasteiger partial charge on any atom is -0.378 e. The molecule has 4 nitrogen and oxygen atoms in total. The van der Waals surface area contributed by atoms with E-state index >= 15 is 0 Å². The molecule has 14 heteroatoms. The summed E-state index contributed by atoms with van der Waals surface area (Å²) in [5.41, 5.74) is 29.8. The molecule has 3 aliphatic heterocycles. The fourth-order valence-electron chi connectivity index (χ4n) is 15.9. The van der Waals surface area contributed by atoms with E-state index in [1.807, 2.05) is 76.2 Å². The van der Waals surface area contributed by atoms with Gasteiger partial charge in [-0.15, -0.1) is 0 Å². The smallest absolute Gasteiger partial charge is 0.162 e. The number of hydrogen-bond acceptors (Lipinski definition) is 4. The molecule has 3 saturated heterocycles. The molecule has 7 aromatic carbocycles. The predicted molar refractivity (Wildman–Crippen MR) is 545 cm³/mol. The first-order chi connectivity index (χ1) is 61.0. The molecule has 0 bridgehead atoms. The fraction of sp³-hybridized carbons (Fsp3) is 0.610. The normalized spacial score (nSPS) is 19.9. The number of halogens is 10. The van der Waals surface area contributed by atoms with Gasteiger partial charge in [0.25, 0.3) is 0 Å². The Bertz CT molecular complexity index is 3340. The Balaban J connectivity index is 0.000000717. The van der Waals surface area contributed by atoms with E-state index in [4.69, 9.17) is 18.9 Å². The molecular weight excluding hydrogens is 1670 g/mol. The van der Waals surface area contributed by atoms with Gasteiger partial charge in [-0.25, -0.2) is 43.9 Å². The van der Waals surface area contributed by atoms with Crippen LogP contribution in [0, 0.1) is 321 Å². The first-order valence-electron chi connectivity index (χ1n) is 48.9. The van der Waals surface area contributed by atoms with Crippen molar-refractivity contribution in [1.82, 2.24) is 0 Å². The van der Waals surface area contributed by atoms with Crippen molar-refractivity contribution in [3.8, 4) is 0 Å².